The van der Waals surface area contributed by atoms with Crippen LogP contribution < -0.4 is 4.74 Å². The van der Waals surface area contributed by atoms with E-state index in [1.165, 1.54) is 18.2 Å². The molecular formula is C16H17F3O3. The summed E-state index contributed by atoms with van der Waals surface area (Å²) < 4.78 is 45.6. The Morgan fingerprint density at radius 2 is 2.14 bits per heavy atom. The molecule has 0 N–H and O–H groups in total. The Kier molecular flexibility index (Phi) is 5.11. The van der Waals surface area contributed by atoms with Gasteiger partial charge in [-0.05, 0) is 49.5 Å². The van der Waals surface area contributed by atoms with E-state index in [1.54, 1.807) is 13.0 Å². The minimum Gasteiger partial charge on any atom is -0.466 e. The van der Waals surface area contributed by atoms with Gasteiger partial charge in [-0.3, -0.25) is 4.79 Å². The molecule has 0 heterocycles. The zero-order chi connectivity index (χ0) is 16.2. The number of carbonyl (C=O) groups is 1. The number of carbonyl (C=O) groups excluding carboxylic acids is 1. The lowest BCUT2D eigenvalue weighted by atomic mass is 9.86. The number of alkyl halides is 3. The van der Waals surface area contributed by atoms with Crippen LogP contribution in [0.1, 0.15) is 31.7 Å². The molecule has 6 heteroatoms. The van der Waals surface area contributed by atoms with Gasteiger partial charge in [0, 0.05) is 0 Å². The minimum atomic E-state index is -4.70. The molecule has 1 aliphatic carbocycles. The molecule has 1 aliphatic rings. The van der Waals surface area contributed by atoms with Crippen LogP contribution in [0.2, 0.25) is 0 Å². The number of halogens is 3. The van der Waals surface area contributed by atoms with Gasteiger partial charge in [-0.15, -0.1) is 13.2 Å². The molecular weight excluding hydrogens is 297 g/mol. The molecule has 0 saturated heterocycles. The Bertz CT molecular complexity index is 564. The second kappa shape index (κ2) is 6.85. The summed E-state index contributed by atoms with van der Waals surface area (Å²) in [6, 6.07) is 5.89. The normalized spacial score (nSPS) is 18.5. The van der Waals surface area contributed by atoms with Crippen molar-refractivity contribution < 1.29 is 27.4 Å². The highest BCUT2D eigenvalue weighted by molar-refractivity contribution is 5.75. The van der Waals surface area contributed by atoms with Crippen LogP contribution in [-0.2, 0) is 9.53 Å². The molecule has 0 fully saturated rings. The Morgan fingerprint density at radius 3 is 2.73 bits per heavy atom. The van der Waals surface area contributed by atoms with Crippen molar-refractivity contribution in [1.82, 2.24) is 0 Å². The Labute approximate surface area is 126 Å². The van der Waals surface area contributed by atoms with E-state index in [0.29, 0.717) is 31.4 Å². The van der Waals surface area contributed by atoms with Gasteiger partial charge in [0.1, 0.15) is 5.75 Å². The van der Waals surface area contributed by atoms with Crippen molar-refractivity contribution in [2.75, 3.05) is 6.61 Å². The first-order valence-electron chi connectivity index (χ1n) is 7.11. The fraction of sp³-hybridized carbons (Fsp3) is 0.438. The predicted molar refractivity (Wildman–Crippen MR) is 75.1 cm³/mol. The Balaban J connectivity index is 2.07. The predicted octanol–water partition coefficient (Wildman–Crippen LogP) is 4.33. The number of benzene rings is 1. The maximum atomic E-state index is 12.2. The van der Waals surface area contributed by atoms with E-state index >= 15 is 0 Å². The first-order valence-corrected chi connectivity index (χ1v) is 7.11. The third-order valence-corrected chi connectivity index (χ3v) is 3.47. The first-order chi connectivity index (χ1) is 10.4. The first kappa shape index (κ1) is 16.4. The van der Waals surface area contributed by atoms with Crippen molar-refractivity contribution in [2.24, 2.45) is 5.92 Å². The summed E-state index contributed by atoms with van der Waals surface area (Å²) in [5.41, 5.74) is 1.61. The van der Waals surface area contributed by atoms with E-state index in [1.807, 2.05) is 6.08 Å². The van der Waals surface area contributed by atoms with E-state index in [2.05, 4.69) is 4.74 Å². The van der Waals surface area contributed by atoms with E-state index in [0.717, 1.165) is 5.57 Å². The van der Waals surface area contributed by atoms with E-state index < -0.39 is 6.36 Å². The zero-order valence-corrected chi connectivity index (χ0v) is 12.2. The average Bonchev–Trinajstić information content (AvgIpc) is 2.46. The summed E-state index contributed by atoms with van der Waals surface area (Å²) >= 11 is 0. The van der Waals surface area contributed by atoms with Crippen molar-refractivity contribution in [3.05, 3.63) is 35.9 Å². The van der Waals surface area contributed by atoms with Gasteiger partial charge in [-0.25, -0.2) is 0 Å². The van der Waals surface area contributed by atoms with Crippen molar-refractivity contribution >= 4 is 11.5 Å². The van der Waals surface area contributed by atoms with E-state index in [-0.39, 0.29) is 17.6 Å². The third-order valence-electron chi connectivity index (χ3n) is 3.47. The van der Waals surface area contributed by atoms with Gasteiger partial charge in [0.2, 0.25) is 0 Å². The van der Waals surface area contributed by atoms with E-state index in [4.69, 9.17) is 4.74 Å². The lowest BCUT2D eigenvalue weighted by Gasteiger charge is -2.21. The van der Waals surface area contributed by atoms with Crippen molar-refractivity contribution in [3.63, 3.8) is 0 Å². The minimum absolute atomic E-state index is 0.168. The monoisotopic (exact) mass is 314 g/mol. The topological polar surface area (TPSA) is 35.5 Å². The molecule has 3 nitrogen and oxygen atoms in total. The molecule has 0 bridgehead atoms. The fourth-order valence-electron chi connectivity index (χ4n) is 2.46. The molecule has 1 unspecified atom stereocenters. The molecule has 0 amide bonds. The molecule has 1 atom stereocenters. The van der Waals surface area contributed by atoms with Crippen LogP contribution in [0.5, 0.6) is 5.75 Å². The largest absolute Gasteiger partial charge is 0.573 e. The second-order valence-corrected chi connectivity index (χ2v) is 5.03. The summed E-state index contributed by atoms with van der Waals surface area (Å²) in [5.74, 6) is -0.622. The summed E-state index contributed by atoms with van der Waals surface area (Å²) in [6.45, 7) is 2.11. The van der Waals surface area contributed by atoms with Crippen LogP contribution in [0.15, 0.2) is 30.3 Å². The summed E-state index contributed by atoms with van der Waals surface area (Å²) in [7, 11) is 0. The number of hydrogen-bond donors (Lipinski definition) is 0. The highest BCUT2D eigenvalue weighted by atomic mass is 19.4. The molecule has 0 aromatic heterocycles. The lowest BCUT2D eigenvalue weighted by Crippen LogP contribution is -2.19. The molecule has 0 aliphatic heterocycles. The van der Waals surface area contributed by atoms with Gasteiger partial charge < -0.3 is 9.47 Å². The number of rotatable bonds is 4. The second-order valence-electron chi connectivity index (χ2n) is 5.03. The number of allylic oxidation sites excluding steroid dienone is 2. The van der Waals surface area contributed by atoms with Gasteiger partial charge in [0.05, 0.1) is 12.5 Å². The van der Waals surface area contributed by atoms with Crippen LogP contribution in [-0.4, -0.2) is 18.9 Å². The number of esters is 1. The van der Waals surface area contributed by atoms with Gasteiger partial charge in [-0.2, -0.15) is 0 Å². The maximum absolute atomic E-state index is 12.2. The molecule has 22 heavy (non-hydrogen) atoms. The molecule has 1 aromatic rings. The quantitative estimate of drug-likeness (QED) is 0.776. The molecule has 0 saturated carbocycles. The third kappa shape index (κ3) is 4.51. The number of ether oxygens (including phenoxy) is 2. The van der Waals surface area contributed by atoms with Gasteiger partial charge in [0.15, 0.2) is 0 Å². The fourth-order valence-corrected chi connectivity index (χ4v) is 2.46. The average molecular weight is 314 g/mol. The molecule has 0 radical (unpaired) electrons. The van der Waals surface area contributed by atoms with Crippen LogP contribution in [0.25, 0.3) is 5.57 Å². The lowest BCUT2D eigenvalue weighted by molar-refractivity contribution is -0.274. The standard InChI is InChI=1S/C16H17F3O3/c1-2-21-15(20)12-8-6-11(7-9-12)13-4-3-5-14(10-13)22-16(17,18)19/h3-6,10,12H,2,7-9H2,1H3. The van der Waals surface area contributed by atoms with Crippen molar-refractivity contribution in [1.29, 1.82) is 0 Å². The van der Waals surface area contributed by atoms with Gasteiger partial charge >= 0.3 is 12.3 Å². The number of hydrogen-bond acceptors (Lipinski definition) is 3. The van der Waals surface area contributed by atoms with Crippen LogP contribution >= 0.6 is 0 Å². The summed E-state index contributed by atoms with van der Waals surface area (Å²) in [5, 5.41) is 0. The maximum Gasteiger partial charge on any atom is 0.573 e. The molecule has 120 valence electrons. The highest BCUT2D eigenvalue weighted by Gasteiger charge is 2.31. The van der Waals surface area contributed by atoms with Crippen molar-refractivity contribution in [2.45, 2.75) is 32.5 Å². The summed E-state index contributed by atoms with van der Waals surface area (Å²) in [6.07, 6.45) is -1.02. The molecule has 2 rings (SSSR count). The SMILES string of the molecule is CCOC(=O)C1CC=C(c2cccc(OC(F)(F)F)c2)CC1. The highest BCUT2D eigenvalue weighted by Crippen LogP contribution is 2.33. The zero-order valence-electron chi connectivity index (χ0n) is 12.2. The molecule has 0 spiro atoms. The van der Waals surface area contributed by atoms with Crippen LogP contribution in [0.3, 0.4) is 0 Å². The van der Waals surface area contributed by atoms with Crippen LogP contribution in [0, 0.1) is 5.92 Å². The summed E-state index contributed by atoms with van der Waals surface area (Å²) in [4.78, 5) is 11.7. The molecule has 1 aromatic carbocycles. The smallest absolute Gasteiger partial charge is 0.466 e. The van der Waals surface area contributed by atoms with Crippen molar-refractivity contribution in [3.8, 4) is 5.75 Å². The van der Waals surface area contributed by atoms with Crippen LogP contribution in [0.4, 0.5) is 13.2 Å². The Hall–Kier alpha value is -1.98. The van der Waals surface area contributed by atoms with Gasteiger partial charge in [-0.1, -0.05) is 18.2 Å². The van der Waals surface area contributed by atoms with Gasteiger partial charge in [0.25, 0.3) is 0 Å². The Morgan fingerprint density at radius 1 is 1.36 bits per heavy atom. The van der Waals surface area contributed by atoms with E-state index in [9.17, 15) is 18.0 Å².